The summed E-state index contributed by atoms with van der Waals surface area (Å²) in [7, 11) is 0. The first-order chi connectivity index (χ1) is 6.35. The van der Waals surface area contributed by atoms with Crippen LogP contribution in [0.1, 0.15) is 51.9 Å². The SMILES string of the molecule is CCCCCCC(CCN)CCN. The molecule has 0 saturated heterocycles. The van der Waals surface area contributed by atoms with Crippen LogP contribution in [-0.2, 0) is 0 Å². The number of unbranched alkanes of at least 4 members (excludes halogenated alkanes) is 3. The molecule has 0 aliphatic carbocycles. The summed E-state index contributed by atoms with van der Waals surface area (Å²) in [6.07, 6.45) is 9.07. The lowest BCUT2D eigenvalue weighted by molar-refractivity contribution is 0.409. The van der Waals surface area contributed by atoms with Gasteiger partial charge in [0, 0.05) is 0 Å². The van der Waals surface area contributed by atoms with Gasteiger partial charge in [-0.1, -0.05) is 39.0 Å². The highest BCUT2D eigenvalue weighted by atomic mass is 14.5. The Hall–Kier alpha value is -0.0800. The standard InChI is InChI=1S/C11H26N2/c1-2-3-4-5-6-11(7-9-12)8-10-13/h11H,2-10,12-13H2,1H3. The molecule has 0 saturated carbocycles. The van der Waals surface area contributed by atoms with E-state index in [2.05, 4.69) is 6.92 Å². The van der Waals surface area contributed by atoms with E-state index in [4.69, 9.17) is 11.5 Å². The number of nitrogens with two attached hydrogens (primary N) is 2. The average molecular weight is 186 g/mol. The van der Waals surface area contributed by atoms with Crippen molar-refractivity contribution in [3.8, 4) is 0 Å². The van der Waals surface area contributed by atoms with Crippen LogP contribution in [0.15, 0.2) is 0 Å². The van der Waals surface area contributed by atoms with E-state index in [0.29, 0.717) is 0 Å². The van der Waals surface area contributed by atoms with Crippen molar-refractivity contribution < 1.29 is 0 Å². The zero-order valence-electron chi connectivity index (χ0n) is 9.10. The van der Waals surface area contributed by atoms with Gasteiger partial charge < -0.3 is 11.5 Å². The molecule has 4 N–H and O–H groups in total. The maximum atomic E-state index is 5.55. The summed E-state index contributed by atoms with van der Waals surface area (Å²) in [5.74, 6) is 0.784. The summed E-state index contributed by atoms with van der Waals surface area (Å²) in [4.78, 5) is 0. The lowest BCUT2D eigenvalue weighted by Gasteiger charge is -2.14. The first-order valence-electron chi connectivity index (χ1n) is 5.75. The molecule has 0 spiro atoms. The lowest BCUT2D eigenvalue weighted by atomic mass is 9.94. The largest absolute Gasteiger partial charge is 0.330 e. The molecule has 0 aromatic carbocycles. The molecule has 0 fully saturated rings. The molecule has 0 heterocycles. The van der Waals surface area contributed by atoms with Crippen LogP contribution < -0.4 is 11.5 Å². The molecule has 2 heteroatoms. The van der Waals surface area contributed by atoms with Crippen molar-refractivity contribution in [2.45, 2.75) is 51.9 Å². The summed E-state index contributed by atoms with van der Waals surface area (Å²) in [6.45, 7) is 3.88. The van der Waals surface area contributed by atoms with Gasteiger partial charge >= 0.3 is 0 Å². The third-order valence-corrected chi connectivity index (χ3v) is 2.62. The average Bonchev–Trinajstić information content (AvgIpc) is 2.13. The minimum atomic E-state index is 0.784. The summed E-state index contributed by atoms with van der Waals surface area (Å²) in [5.41, 5.74) is 11.1. The van der Waals surface area contributed by atoms with Crippen molar-refractivity contribution in [2.75, 3.05) is 13.1 Å². The second-order valence-electron chi connectivity index (χ2n) is 3.87. The molecule has 0 aromatic rings. The molecule has 2 nitrogen and oxygen atoms in total. The number of hydrogen-bond donors (Lipinski definition) is 2. The molecule has 0 aliphatic rings. The topological polar surface area (TPSA) is 52.0 Å². The lowest BCUT2D eigenvalue weighted by Crippen LogP contribution is -2.13. The van der Waals surface area contributed by atoms with Gasteiger partial charge in [0.2, 0.25) is 0 Å². The third-order valence-electron chi connectivity index (χ3n) is 2.62. The van der Waals surface area contributed by atoms with Crippen LogP contribution in [-0.4, -0.2) is 13.1 Å². The van der Waals surface area contributed by atoms with E-state index in [0.717, 1.165) is 31.8 Å². The molecular formula is C11H26N2. The zero-order valence-corrected chi connectivity index (χ0v) is 9.10. The first kappa shape index (κ1) is 12.9. The first-order valence-corrected chi connectivity index (χ1v) is 5.75. The summed E-state index contributed by atoms with van der Waals surface area (Å²) >= 11 is 0. The van der Waals surface area contributed by atoms with Gasteiger partial charge in [0.05, 0.1) is 0 Å². The second-order valence-corrected chi connectivity index (χ2v) is 3.87. The van der Waals surface area contributed by atoms with Crippen LogP contribution in [0.2, 0.25) is 0 Å². The summed E-state index contributed by atoms with van der Waals surface area (Å²) in [5, 5.41) is 0. The quantitative estimate of drug-likeness (QED) is 0.543. The van der Waals surface area contributed by atoms with Crippen LogP contribution in [0.3, 0.4) is 0 Å². The molecule has 13 heavy (non-hydrogen) atoms. The van der Waals surface area contributed by atoms with Crippen molar-refractivity contribution in [2.24, 2.45) is 17.4 Å². The van der Waals surface area contributed by atoms with E-state index in [9.17, 15) is 0 Å². The van der Waals surface area contributed by atoms with E-state index in [1.54, 1.807) is 0 Å². The van der Waals surface area contributed by atoms with Gasteiger partial charge in [0.1, 0.15) is 0 Å². The van der Waals surface area contributed by atoms with E-state index in [1.807, 2.05) is 0 Å². The number of rotatable bonds is 9. The van der Waals surface area contributed by atoms with Gasteiger partial charge in [-0.25, -0.2) is 0 Å². The predicted octanol–water partition coefficient (Wildman–Crippen LogP) is 2.27. The van der Waals surface area contributed by atoms with Gasteiger partial charge in [0.25, 0.3) is 0 Å². The van der Waals surface area contributed by atoms with Gasteiger partial charge in [-0.15, -0.1) is 0 Å². The maximum absolute atomic E-state index is 5.55. The molecule has 0 bridgehead atoms. The minimum Gasteiger partial charge on any atom is -0.330 e. The normalized spacial score (nSPS) is 11.1. The smallest absolute Gasteiger partial charge is 0.00746 e. The Bertz CT molecular complexity index is 88.1. The Morgan fingerprint density at radius 3 is 1.92 bits per heavy atom. The molecular weight excluding hydrogens is 160 g/mol. The fraction of sp³-hybridized carbons (Fsp3) is 1.00. The fourth-order valence-electron chi connectivity index (χ4n) is 1.76. The van der Waals surface area contributed by atoms with E-state index in [1.165, 1.54) is 32.1 Å². The summed E-state index contributed by atoms with van der Waals surface area (Å²) in [6, 6.07) is 0. The van der Waals surface area contributed by atoms with Crippen molar-refractivity contribution in [3.05, 3.63) is 0 Å². The zero-order chi connectivity index (χ0) is 9.94. The van der Waals surface area contributed by atoms with Gasteiger partial charge in [-0.2, -0.15) is 0 Å². The van der Waals surface area contributed by atoms with Crippen molar-refractivity contribution >= 4 is 0 Å². The molecule has 0 aromatic heterocycles. The van der Waals surface area contributed by atoms with Crippen molar-refractivity contribution in [3.63, 3.8) is 0 Å². The fourth-order valence-corrected chi connectivity index (χ4v) is 1.76. The maximum Gasteiger partial charge on any atom is -0.00746 e. The van der Waals surface area contributed by atoms with Crippen molar-refractivity contribution in [1.82, 2.24) is 0 Å². The minimum absolute atomic E-state index is 0.784. The molecule has 0 unspecified atom stereocenters. The Labute approximate surface area is 83.1 Å². The molecule has 0 amide bonds. The van der Waals surface area contributed by atoms with E-state index >= 15 is 0 Å². The second kappa shape index (κ2) is 10.0. The number of hydrogen-bond acceptors (Lipinski definition) is 2. The molecule has 0 radical (unpaired) electrons. The van der Waals surface area contributed by atoms with E-state index in [-0.39, 0.29) is 0 Å². The van der Waals surface area contributed by atoms with Crippen LogP contribution >= 0.6 is 0 Å². The Balaban J connectivity index is 3.33. The van der Waals surface area contributed by atoms with Crippen molar-refractivity contribution in [1.29, 1.82) is 0 Å². The highest BCUT2D eigenvalue weighted by Crippen LogP contribution is 2.16. The Morgan fingerprint density at radius 2 is 1.46 bits per heavy atom. The van der Waals surface area contributed by atoms with Gasteiger partial charge in [0.15, 0.2) is 0 Å². The van der Waals surface area contributed by atoms with Gasteiger partial charge in [-0.3, -0.25) is 0 Å². The van der Waals surface area contributed by atoms with Crippen LogP contribution in [0, 0.1) is 5.92 Å². The monoisotopic (exact) mass is 186 g/mol. The van der Waals surface area contributed by atoms with Crippen LogP contribution in [0.25, 0.3) is 0 Å². The Kier molecular flexibility index (Phi) is 9.94. The Morgan fingerprint density at radius 1 is 0.846 bits per heavy atom. The summed E-state index contributed by atoms with van der Waals surface area (Å²) < 4.78 is 0. The predicted molar refractivity (Wildman–Crippen MR) is 59.6 cm³/mol. The van der Waals surface area contributed by atoms with Gasteiger partial charge in [-0.05, 0) is 31.8 Å². The highest BCUT2D eigenvalue weighted by molar-refractivity contribution is 4.61. The third kappa shape index (κ3) is 8.26. The molecule has 0 aliphatic heterocycles. The van der Waals surface area contributed by atoms with Crippen LogP contribution in [0.4, 0.5) is 0 Å². The van der Waals surface area contributed by atoms with Crippen LogP contribution in [0.5, 0.6) is 0 Å². The molecule has 0 rings (SSSR count). The molecule has 80 valence electrons. The van der Waals surface area contributed by atoms with E-state index < -0.39 is 0 Å². The highest BCUT2D eigenvalue weighted by Gasteiger charge is 2.05. The molecule has 0 atom stereocenters.